The Balaban J connectivity index is 1.61. The van der Waals surface area contributed by atoms with Crippen molar-refractivity contribution in [3.8, 4) is 0 Å². The van der Waals surface area contributed by atoms with E-state index in [1.54, 1.807) is 0 Å². The number of ether oxygens (including phenoxy) is 1. The number of hydrogen-bond acceptors (Lipinski definition) is 6. The molecular weight excluding hydrogens is 386 g/mol. The van der Waals surface area contributed by atoms with Gasteiger partial charge in [0, 0.05) is 29.9 Å². The van der Waals surface area contributed by atoms with Crippen LogP contribution in [0, 0.1) is 13.8 Å². The fourth-order valence-corrected chi connectivity index (χ4v) is 5.04. The van der Waals surface area contributed by atoms with E-state index in [0.29, 0.717) is 0 Å². The molecule has 3 N–H and O–H groups in total. The summed E-state index contributed by atoms with van der Waals surface area (Å²) in [4.78, 5) is 12.2. The quantitative estimate of drug-likeness (QED) is 0.616. The summed E-state index contributed by atoms with van der Waals surface area (Å²) >= 11 is 0. The van der Waals surface area contributed by atoms with Gasteiger partial charge in [0.05, 0.1) is 24.8 Å². The van der Waals surface area contributed by atoms with Gasteiger partial charge < -0.3 is 20.7 Å². The van der Waals surface area contributed by atoms with Crippen LogP contribution in [-0.4, -0.2) is 36.3 Å². The molecule has 0 saturated carbocycles. The standard InChI is InChI=1S/C25H31N5O/c1-15-11-18(13-19(26)12-15)16(2)27-25-22-14-23(30-7-9-31-10-8-30)20-5-4-6-21(20)24(22)28-17(3)29-25/h11-14,16H,4-10,26H2,1-3H3,(H,27,28,29). The molecule has 2 aliphatic rings. The van der Waals surface area contributed by atoms with Gasteiger partial charge in [-0.2, -0.15) is 0 Å². The fraction of sp³-hybridized carbons (Fsp3) is 0.440. The lowest BCUT2D eigenvalue weighted by Gasteiger charge is -2.31. The number of benzene rings is 2. The van der Waals surface area contributed by atoms with Crippen LogP contribution in [0.4, 0.5) is 17.2 Å². The lowest BCUT2D eigenvalue weighted by atomic mass is 10.0. The molecule has 1 saturated heterocycles. The van der Waals surface area contributed by atoms with E-state index >= 15 is 0 Å². The number of nitrogens with zero attached hydrogens (tertiary/aromatic N) is 3. The SMILES string of the molecule is Cc1cc(N)cc(C(C)Nc2nc(C)nc3c4c(c(N5CCOCC5)cc23)CCC4)c1. The lowest BCUT2D eigenvalue weighted by molar-refractivity contribution is 0.122. The van der Waals surface area contributed by atoms with Gasteiger partial charge in [0.15, 0.2) is 0 Å². The molecule has 1 aliphatic heterocycles. The first kappa shape index (κ1) is 20.1. The summed E-state index contributed by atoms with van der Waals surface area (Å²) in [6.07, 6.45) is 3.41. The summed E-state index contributed by atoms with van der Waals surface area (Å²) in [7, 11) is 0. The second kappa shape index (κ2) is 8.00. The van der Waals surface area contributed by atoms with Crippen LogP contribution in [0.2, 0.25) is 0 Å². The van der Waals surface area contributed by atoms with Gasteiger partial charge >= 0.3 is 0 Å². The average Bonchev–Trinajstić information content (AvgIpc) is 3.23. The van der Waals surface area contributed by atoms with Crippen LogP contribution < -0.4 is 16.0 Å². The Morgan fingerprint density at radius 2 is 1.81 bits per heavy atom. The van der Waals surface area contributed by atoms with E-state index in [1.807, 2.05) is 19.1 Å². The highest BCUT2D eigenvalue weighted by Gasteiger charge is 2.25. The molecule has 0 bridgehead atoms. The first-order chi connectivity index (χ1) is 15.0. The van der Waals surface area contributed by atoms with Crippen molar-refractivity contribution in [2.45, 2.75) is 46.1 Å². The first-order valence-electron chi connectivity index (χ1n) is 11.3. The molecule has 1 atom stereocenters. The van der Waals surface area contributed by atoms with Gasteiger partial charge in [-0.1, -0.05) is 6.07 Å². The number of nitrogen functional groups attached to an aromatic ring is 1. The maximum absolute atomic E-state index is 6.10. The van der Waals surface area contributed by atoms with Gasteiger partial charge in [-0.25, -0.2) is 9.97 Å². The molecule has 31 heavy (non-hydrogen) atoms. The van der Waals surface area contributed by atoms with E-state index in [0.717, 1.165) is 72.9 Å². The summed E-state index contributed by atoms with van der Waals surface area (Å²) in [5.74, 6) is 1.71. The van der Waals surface area contributed by atoms with Crippen LogP contribution in [0.3, 0.4) is 0 Å². The van der Waals surface area contributed by atoms with Crippen LogP contribution in [0.1, 0.15) is 47.5 Å². The maximum atomic E-state index is 6.10. The van der Waals surface area contributed by atoms with Gasteiger partial charge in [-0.05, 0) is 80.5 Å². The minimum atomic E-state index is 0.0831. The largest absolute Gasteiger partial charge is 0.399 e. The van der Waals surface area contributed by atoms with E-state index < -0.39 is 0 Å². The Labute approximate surface area is 183 Å². The average molecular weight is 418 g/mol. The molecule has 6 nitrogen and oxygen atoms in total. The van der Waals surface area contributed by atoms with E-state index in [4.69, 9.17) is 20.4 Å². The number of aromatic nitrogens is 2. The van der Waals surface area contributed by atoms with Crippen molar-refractivity contribution in [2.75, 3.05) is 42.3 Å². The Morgan fingerprint density at radius 3 is 2.58 bits per heavy atom. The molecule has 5 rings (SSSR count). The number of morpholine rings is 1. The zero-order valence-electron chi connectivity index (χ0n) is 18.7. The molecule has 6 heteroatoms. The summed E-state index contributed by atoms with van der Waals surface area (Å²) < 4.78 is 5.60. The van der Waals surface area contributed by atoms with Crippen molar-refractivity contribution in [1.29, 1.82) is 0 Å². The molecule has 1 aromatic heterocycles. The van der Waals surface area contributed by atoms with Crippen molar-refractivity contribution in [3.63, 3.8) is 0 Å². The Kier molecular flexibility index (Phi) is 5.18. The predicted molar refractivity (Wildman–Crippen MR) is 127 cm³/mol. The topological polar surface area (TPSA) is 76.3 Å². The van der Waals surface area contributed by atoms with E-state index in [1.165, 1.54) is 28.8 Å². The summed E-state index contributed by atoms with van der Waals surface area (Å²) in [6.45, 7) is 9.67. The normalized spacial score (nSPS) is 17.1. The number of anilines is 3. The van der Waals surface area contributed by atoms with Crippen LogP contribution in [0.25, 0.3) is 10.9 Å². The molecule has 0 radical (unpaired) electrons. The van der Waals surface area contributed by atoms with Gasteiger partial charge in [-0.3, -0.25) is 0 Å². The highest BCUT2D eigenvalue weighted by atomic mass is 16.5. The number of nitrogens with one attached hydrogen (secondary N) is 1. The Hall–Kier alpha value is -2.86. The second-order valence-corrected chi connectivity index (χ2v) is 8.86. The van der Waals surface area contributed by atoms with Crippen LogP contribution in [0.5, 0.6) is 0 Å². The van der Waals surface area contributed by atoms with Crippen LogP contribution >= 0.6 is 0 Å². The number of fused-ring (bicyclic) bond motifs is 3. The Morgan fingerprint density at radius 1 is 1.03 bits per heavy atom. The van der Waals surface area contributed by atoms with Crippen molar-refractivity contribution in [2.24, 2.45) is 0 Å². The molecule has 0 spiro atoms. The minimum absolute atomic E-state index is 0.0831. The van der Waals surface area contributed by atoms with Crippen molar-refractivity contribution in [3.05, 3.63) is 52.3 Å². The number of rotatable bonds is 4. The molecule has 3 aromatic rings. The van der Waals surface area contributed by atoms with Gasteiger partial charge in [0.2, 0.25) is 0 Å². The van der Waals surface area contributed by atoms with E-state index in [-0.39, 0.29) is 6.04 Å². The van der Waals surface area contributed by atoms with E-state index in [2.05, 4.69) is 36.2 Å². The summed E-state index contributed by atoms with van der Waals surface area (Å²) in [5, 5.41) is 4.78. The van der Waals surface area contributed by atoms with Gasteiger partial charge in [-0.15, -0.1) is 0 Å². The van der Waals surface area contributed by atoms with Crippen molar-refractivity contribution in [1.82, 2.24) is 9.97 Å². The summed E-state index contributed by atoms with van der Waals surface area (Å²) in [6, 6.07) is 8.61. The molecule has 1 aliphatic carbocycles. The zero-order chi connectivity index (χ0) is 21.5. The molecule has 2 heterocycles. The predicted octanol–water partition coefficient (Wildman–Crippen LogP) is 4.33. The number of hydrogen-bond donors (Lipinski definition) is 2. The fourth-order valence-electron chi connectivity index (χ4n) is 5.04. The van der Waals surface area contributed by atoms with Crippen LogP contribution in [-0.2, 0) is 17.6 Å². The monoisotopic (exact) mass is 417 g/mol. The first-order valence-corrected chi connectivity index (χ1v) is 11.3. The van der Waals surface area contributed by atoms with Crippen LogP contribution in [0.15, 0.2) is 24.3 Å². The number of nitrogens with two attached hydrogens (primary N) is 1. The van der Waals surface area contributed by atoms with Crippen molar-refractivity contribution < 1.29 is 4.74 Å². The smallest absolute Gasteiger partial charge is 0.138 e. The third kappa shape index (κ3) is 3.81. The third-order valence-electron chi connectivity index (χ3n) is 6.48. The highest BCUT2D eigenvalue weighted by molar-refractivity contribution is 5.96. The van der Waals surface area contributed by atoms with Crippen molar-refractivity contribution >= 4 is 28.1 Å². The van der Waals surface area contributed by atoms with Gasteiger partial charge in [0.25, 0.3) is 0 Å². The third-order valence-corrected chi connectivity index (χ3v) is 6.48. The molecular formula is C25H31N5O. The number of aryl methyl sites for hydroxylation is 3. The van der Waals surface area contributed by atoms with E-state index in [9.17, 15) is 0 Å². The zero-order valence-corrected chi connectivity index (χ0v) is 18.7. The maximum Gasteiger partial charge on any atom is 0.138 e. The summed E-state index contributed by atoms with van der Waals surface area (Å²) in [5.41, 5.74) is 14.5. The molecule has 2 aromatic carbocycles. The highest BCUT2D eigenvalue weighted by Crippen LogP contribution is 2.39. The molecule has 1 fully saturated rings. The molecule has 1 unspecified atom stereocenters. The second-order valence-electron chi connectivity index (χ2n) is 8.86. The minimum Gasteiger partial charge on any atom is -0.399 e. The lowest BCUT2D eigenvalue weighted by Crippen LogP contribution is -2.36. The van der Waals surface area contributed by atoms with Gasteiger partial charge in [0.1, 0.15) is 11.6 Å². The molecule has 162 valence electrons. The molecule has 0 amide bonds. The Bertz CT molecular complexity index is 1120.